The number of para-hydroxylation sites is 2. The Hall–Kier alpha value is -4.23. The van der Waals surface area contributed by atoms with Crippen molar-refractivity contribution in [2.75, 3.05) is 5.32 Å². The van der Waals surface area contributed by atoms with E-state index in [-0.39, 0.29) is 11.2 Å². The van der Waals surface area contributed by atoms with E-state index in [4.69, 9.17) is 9.15 Å². The van der Waals surface area contributed by atoms with Gasteiger partial charge in [0.05, 0.1) is 11.1 Å². The average Bonchev–Trinajstić information content (AvgIpc) is 3.28. The second-order valence-corrected chi connectivity index (χ2v) is 7.76. The second-order valence-electron chi connectivity index (χ2n) is 6.90. The molecule has 0 radical (unpaired) electrons. The van der Waals surface area contributed by atoms with Gasteiger partial charge in [-0.15, -0.1) is 11.3 Å². The standard InChI is InChI=1S/C25H16N2O4S/c28-21-14-23(31-22-9-5-4-8-19(21)22)24(29)27-25-26-20(15-32-25)16-10-12-18(13-11-16)30-17-6-2-1-3-7-17/h1-15H,(H,26,27,29). The second kappa shape index (κ2) is 8.49. The van der Waals surface area contributed by atoms with E-state index in [2.05, 4.69) is 10.3 Å². The van der Waals surface area contributed by atoms with Crippen LogP contribution < -0.4 is 15.5 Å². The lowest BCUT2D eigenvalue weighted by molar-refractivity contribution is 0.0997. The molecular weight excluding hydrogens is 424 g/mol. The zero-order chi connectivity index (χ0) is 21.9. The van der Waals surface area contributed by atoms with E-state index >= 15 is 0 Å². The summed E-state index contributed by atoms with van der Waals surface area (Å²) in [6.07, 6.45) is 0. The quantitative estimate of drug-likeness (QED) is 0.365. The molecule has 5 rings (SSSR count). The molecule has 2 aromatic heterocycles. The van der Waals surface area contributed by atoms with Gasteiger partial charge in [-0.3, -0.25) is 14.9 Å². The molecule has 0 spiro atoms. The van der Waals surface area contributed by atoms with Gasteiger partial charge in [-0.1, -0.05) is 30.3 Å². The molecule has 0 unspecified atom stereocenters. The molecule has 0 aliphatic heterocycles. The average molecular weight is 440 g/mol. The van der Waals surface area contributed by atoms with Gasteiger partial charge in [-0.2, -0.15) is 0 Å². The number of benzene rings is 3. The number of fused-ring (bicyclic) bond motifs is 1. The van der Waals surface area contributed by atoms with Crippen molar-refractivity contribution < 1.29 is 13.9 Å². The summed E-state index contributed by atoms with van der Waals surface area (Å²) in [5.41, 5.74) is 1.70. The molecule has 3 aromatic carbocycles. The smallest absolute Gasteiger partial charge is 0.293 e. The van der Waals surface area contributed by atoms with E-state index in [0.29, 0.717) is 16.1 Å². The van der Waals surface area contributed by atoms with Crippen LogP contribution in [-0.4, -0.2) is 10.9 Å². The minimum Gasteiger partial charge on any atom is -0.457 e. The molecule has 1 N–H and O–H groups in total. The Morgan fingerprint density at radius 1 is 0.906 bits per heavy atom. The summed E-state index contributed by atoms with van der Waals surface area (Å²) in [5, 5.41) is 5.38. The number of carbonyl (C=O) groups excluding carboxylic acids is 1. The van der Waals surface area contributed by atoms with Crippen LogP contribution in [0.5, 0.6) is 11.5 Å². The van der Waals surface area contributed by atoms with Gasteiger partial charge in [0, 0.05) is 17.0 Å². The summed E-state index contributed by atoms with van der Waals surface area (Å²) in [6.45, 7) is 0. The van der Waals surface area contributed by atoms with Crippen molar-refractivity contribution >= 4 is 33.3 Å². The first-order chi connectivity index (χ1) is 15.7. The molecule has 0 fully saturated rings. The molecule has 5 aromatic rings. The van der Waals surface area contributed by atoms with Crippen LogP contribution in [0.4, 0.5) is 5.13 Å². The number of ether oxygens (including phenoxy) is 1. The van der Waals surface area contributed by atoms with Crippen LogP contribution in [0.1, 0.15) is 10.6 Å². The monoisotopic (exact) mass is 440 g/mol. The molecule has 32 heavy (non-hydrogen) atoms. The van der Waals surface area contributed by atoms with Gasteiger partial charge in [-0.25, -0.2) is 4.98 Å². The largest absolute Gasteiger partial charge is 0.457 e. The third-order valence-electron chi connectivity index (χ3n) is 4.71. The Morgan fingerprint density at radius 2 is 1.62 bits per heavy atom. The van der Waals surface area contributed by atoms with E-state index in [9.17, 15) is 9.59 Å². The van der Waals surface area contributed by atoms with E-state index in [1.54, 1.807) is 24.3 Å². The first-order valence-electron chi connectivity index (χ1n) is 9.79. The van der Waals surface area contributed by atoms with Crippen molar-refractivity contribution in [2.24, 2.45) is 0 Å². The minimum atomic E-state index is -0.527. The maximum absolute atomic E-state index is 12.6. The van der Waals surface area contributed by atoms with Gasteiger partial charge in [0.1, 0.15) is 17.1 Å². The van der Waals surface area contributed by atoms with Crippen LogP contribution >= 0.6 is 11.3 Å². The van der Waals surface area contributed by atoms with Gasteiger partial charge in [0.2, 0.25) is 0 Å². The minimum absolute atomic E-state index is 0.0622. The van der Waals surface area contributed by atoms with Crippen LogP contribution in [-0.2, 0) is 0 Å². The fourth-order valence-corrected chi connectivity index (χ4v) is 3.87. The fourth-order valence-electron chi connectivity index (χ4n) is 3.16. The third-order valence-corrected chi connectivity index (χ3v) is 5.47. The van der Waals surface area contributed by atoms with Crippen molar-refractivity contribution in [3.63, 3.8) is 0 Å². The van der Waals surface area contributed by atoms with Crippen molar-refractivity contribution in [1.29, 1.82) is 0 Å². The fraction of sp³-hybridized carbons (Fsp3) is 0. The van der Waals surface area contributed by atoms with Crippen LogP contribution in [0.25, 0.3) is 22.2 Å². The van der Waals surface area contributed by atoms with Crippen LogP contribution in [0.3, 0.4) is 0 Å². The molecule has 0 aliphatic carbocycles. The Morgan fingerprint density at radius 3 is 2.44 bits per heavy atom. The molecule has 1 amide bonds. The van der Waals surface area contributed by atoms with Gasteiger partial charge in [-0.05, 0) is 48.5 Å². The summed E-state index contributed by atoms with van der Waals surface area (Å²) < 4.78 is 11.4. The van der Waals surface area contributed by atoms with Gasteiger partial charge < -0.3 is 9.15 Å². The topological polar surface area (TPSA) is 81.4 Å². The van der Waals surface area contributed by atoms with E-state index in [0.717, 1.165) is 22.8 Å². The van der Waals surface area contributed by atoms with Crippen molar-refractivity contribution in [2.45, 2.75) is 0 Å². The maximum Gasteiger partial charge on any atom is 0.293 e. The van der Waals surface area contributed by atoms with E-state index in [1.807, 2.05) is 60.0 Å². The number of carbonyl (C=O) groups is 1. The van der Waals surface area contributed by atoms with E-state index in [1.165, 1.54) is 17.4 Å². The Balaban J connectivity index is 1.30. The zero-order valence-electron chi connectivity index (χ0n) is 16.6. The number of hydrogen-bond donors (Lipinski definition) is 1. The number of aromatic nitrogens is 1. The highest BCUT2D eigenvalue weighted by Gasteiger charge is 2.14. The first kappa shape index (κ1) is 19.7. The van der Waals surface area contributed by atoms with Gasteiger partial charge >= 0.3 is 0 Å². The molecule has 7 heteroatoms. The lowest BCUT2D eigenvalue weighted by Crippen LogP contribution is -2.14. The van der Waals surface area contributed by atoms with Crippen LogP contribution in [0.15, 0.2) is 99.5 Å². The molecule has 156 valence electrons. The summed E-state index contributed by atoms with van der Waals surface area (Å²) in [5.74, 6) is 0.891. The molecule has 0 saturated heterocycles. The number of hydrogen-bond acceptors (Lipinski definition) is 6. The predicted molar refractivity (Wildman–Crippen MR) is 125 cm³/mol. The summed E-state index contributed by atoms with van der Waals surface area (Å²) >= 11 is 1.29. The molecular formula is C25H16N2O4S. The molecule has 0 saturated carbocycles. The van der Waals surface area contributed by atoms with Gasteiger partial charge in [0.25, 0.3) is 5.91 Å². The highest BCUT2D eigenvalue weighted by atomic mass is 32.1. The van der Waals surface area contributed by atoms with Crippen LogP contribution in [0.2, 0.25) is 0 Å². The van der Waals surface area contributed by atoms with Crippen molar-refractivity contribution in [3.05, 3.63) is 106 Å². The normalized spacial score (nSPS) is 10.8. The lowest BCUT2D eigenvalue weighted by atomic mass is 10.2. The number of rotatable bonds is 5. The zero-order valence-corrected chi connectivity index (χ0v) is 17.5. The number of nitrogens with one attached hydrogen (secondary N) is 1. The SMILES string of the molecule is O=C(Nc1nc(-c2ccc(Oc3ccccc3)cc2)cs1)c1cc(=O)c2ccccc2o1. The molecule has 0 bridgehead atoms. The highest BCUT2D eigenvalue weighted by Crippen LogP contribution is 2.28. The molecule has 0 aliphatic rings. The Kier molecular flexibility index (Phi) is 5.23. The molecule has 0 atom stereocenters. The third kappa shape index (κ3) is 4.14. The number of thiazole rings is 1. The molecule has 6 nitrogen and oxygen atoms in total. The highest BCUT2D eigenvalue weighted by molar-refractivity contribution is 7.14. The lowest BCUT2D eigenvalue weighted by Gasteiger charge is -2.06. The molecule has 2 heterocycles. The van der Waals surface area contributed by atoms with E-state index < -0.39 is 5.91 Å². The summed E-state index contributed by atoms with van der Waals surface area (Å²) in [7, 11) is 0. The Labute approximate surface area is 186 Å². The van der Waals surface area contributed by atoms with Crippen molar-refractivity contribution in [1.82, 2.24) is 4.98 Å². The Bertz CT molecular complexity index is 1460. The summed E-state index contributed by atoms with van der Waals surface area (Å²) in [4.78, 5) is 29.3. The van der Waals surface area contributed by atoms with Crippen LogP contribution in [0, 0.1) is 0 Å². The predicted octanol–water partition coefficient (Wildman–Crippen LogP) is 5.96. The summed E-state index contributed by atoms with van der Waals surface area (Å²) in [6, 6.07) is 25.1. The number of nitrogens with zero attached hydrogens (tertiary/aromatic N) is 1. The first-order valence-corrected chi connectivity index (χ1v) is 10.7. The number of anilines is 1. The van der Waals surface area contributed by atoms with Gasteiger partial charge in [0.15, 0.2) is 16.3 Å². The number of amides is 1. The van der Waals surface area contributed by atoms with Crippen molar-refractivity contribution in [3.8, 4) is 22.8 Å². The maximum atomic E-state index is 12.6.